The molecule has 0 aromatic rings. The molecule has 0 aromatic heterocycles. The van der Waals surface area contributed by atoms with Crippen molar-refractivity contribution in [3.8, 4) is 0 Å². The summed E-state index contributed by atoms with van der Waals surface area (Å²) in [6.45, 7) is 12.5. The first-order valence-electron chi connectivity index (χ1n) is 10.2. The molecule has 4 rings (SSSR count). The molecule has 0 radical (unpaired) electrons. The molecule has 0 saturated heterocycles. The van der Waals surface area contributed by atoms with Gasteiger partial charge in [-0.1, -0.05) is 26.0 Å². The summed E-state index contributed by atoms with van der Waals surface area (Å²) in [6.07, 6.45) is 9.31. The van der Waals surface area contributed by atoms with Crippen molar-refractivity contribution in [2.24, 2.45) is 28.6 Å². The Morgan fingerprint density at radius 3 is 2.54 bits per heavy atom. The Morgan fingerprint density at radius 1 is 1.15 bits per heavy atom. The van der Waals surface area contributed by atoms with Gasteiger partial charge in [-0.15, -0.1) is 0 Å². The fourth-order valence-corrected chi connectivity index (χ4v) is 7.31. The van der Waals surface area contributed by atoms with Crippen LogP contribution >= 0.6 is 0 Å². The summed E-state index contributed by atoms with van der Waals surface area (Å²) >= 11 is 0. The summed E-state index contributed by atoms with van der Waals surface area (Å²) in [4.78, 5) is 23.9. The molecule has 3 saturated carbocycles. The second-order valence-corrected chi connectivity index (χ2v) is 9.97. The average molecular weight is 357 g/mol. The van der Waals surface area contributed by atoms with E-state index in [9.17, 15) is 9.59 Å². The number of ether oxygens (including phenoxy) is 1. The zero-order valence-corrected chi connectivity index (χ0v) is 16.7. The lowest BCUT2D eigenvalue weighted by Crippen LogP contribution is -2.55. The Bertz CT molecular complexity index is 719. The van der Waals surface area contributed by atoms with E-state index >= 15 is 0 Å². The zero-order valence-electron chi connectivity index (χ0n) is 16.7. The van der Waals surface area contributed by atoms with Crippen LogP contribution in [-0.4, -0.2) is 17.4 Å². The van der Waals surface area contributed by atoms with Gasteiger partial charge in [0.05, 0.1) is 0 Å². The van der Waals surface area contributed by atoms with Gasteiger partial charge in [0.1, 0.15) is 5.60 Å². The molecule has 3 heteroatoms. The molecule has 0 aromatic carbocycles. The maximum Gasteiger partial charge on any atom is 0.303 e. The van der Waals surface area contributed by atoms with Gasteiger partial charge in [0.15, 0.2) is 5.78 Å². The van der Waals surface area contributed by atoms with E-state index in [4.69, 9.17) is 4.74 Å². The second kappa shape index (κ2) is 5.56. The smallest absolute Gasteiger partial charge is 0.303 e. The monoisotopic (exact) mass is 356 g/mol. The van der Waals surface area contributed by atoms with Crippen molar-refractivity contribution in [1.29, 1.82) is 0 Å². The van der Waals surface area contributed by atoms with Crippen LogP contribution in [0.2, 0.25) is 0 Å². The maximum absolute atomic E-state index is 12.1. The molecule has 0 N–H and O–H groups in total. The summed E-state index contributed by atoms with van der Waals surface area (Å²) in [7, 11) is 0. The Hall–Kier alpha value is -1.38. The molecule has 3 nitrogen and oxygen atoms in total. The van der Waals surface area contributed by atoms with Crippen molar-refractivity contribution in [2.45, 2.75) is 78.2 Å². The first kappa shape index (κ1) is 18.0. The minimum absolute atomic E-state index is 0.0684. The molecular weight excluding hydrogens is 324 g/mol. The van der Waals surface area contributed by atoms with E-state index in [1.54, 1.807) is 0 Å². The minimum Gasteiger partial charge on any atom is -0.459 e. The predicted molar refractivity (Wildman–Crippen MR) is 101 cm³/mol. The predicted octanol–water partition coefficient (Wildman–Crippen LogP) is 5.01. The first-order valence-corrected chi connectivity index (χ1v) is 10.2. The van der Waals surface area contributed by atoms with Crippen LogP contribution in [0.1, 0.15) is 72.6 Å². The third kappa shape index (κ3) is 2.25. The fourth-order valence-electron chi connectivity index (χ4n) is 7.31. The van der Waals surface area contributed by atoms with Gasteiger partial charge >= 0.3 is 5.97 Å². The van der Waals surface area contributed by atoms with Gasteiger partial charge < -0.3 is 4.74 Å². The highest BCUT2D eigenvalue weighted by Crippen LogP contribution is 2.68. The highest BCUT2D eigenvalue weighted by Gasteiger charge is 2.64. The third-order valence-electron chi connectivity index (χ3n) is 8.87. The van der Waals surface area contributed by atoms with Crippen molar-refractivity contribution in [2.75, 3.05) is 0 Å². The van der Waals surface area contributed by atoms with Crippen molar-refractivity contribution in [1.82, 2.24) is 0 Å². The Morgan fingerprint density at radius 2 is 1.85 bits per heavy atom. The van der Waals surface area contributed by atoms with Crippen LogP contribution in [-0.2, 0) is 14.3 Å². The van der Waals surface area contributed by atoms with Gasteiger partial charge in [0, 0.05) is 12.3 Å². The lowest BCUT2D eigenvalue weighted by Gasteiger charge is -2.59. The molecule has 0 bridgehead atoms. The van der Waals surface area contributed by atoms with Gasteiger partial charge in [-0.3, -0.25) is 9.59 Å². The number of ketones is 1. The van der Waals surface area contributed by atoms with Gasteiger partial charge in [0.2, 0.25) is 0 Å². The lowest BCUT2D eigenvalue weighted by atomic mass is 9.46. The zero-order chi connectivity index (χ0) is 18.9. The SMILES string of the molecule is C=C1CC2(C)C(=CC1=O)CCC1C2CCC2(C)C1CCC2(C)OC(C)=O. The molecule has 3 fully saturated rings. The lowest BCUT2D eigenvalue weighted by molar-refractivity contribution is -0.177. The summed E-state index contributed by atoms with van der Waals surface area (Å²) in [5.74, 6) is 1.87. The van der Waals surface area contributed by atoms with E-state index in [0.717, 1.165) is 44.1 Å². The third-order valence-corrected chi connectivity index (χ3v) is 8.87. The van der Waals surface area contributed by atoms with E-state index in [1.807, 2.05) is 6.08 Å². The maximum atomic E-state index is 12.1. The second-order valence-electron chi connectivity index (χ2n) is 9.97. The van der Waals surface area contributed by atoms with Gasteiger partial charge in [-0.2, -0.15) is 0 Å². The molecule has 4 aliphatic rings. The van der Waals surface area contributed by atoms with Crippen molar-refractivity contribution >= 4 is 11.8 Å². The van der Waals surface area contributed by atoms with Crippen LogP contribution in [0.5, 0.6) is 0 Å². The molecule has 6 atom stereocenters. The number of hydrogen-bond acceptors (Lipinski definition) is 3. The molecule has 6 unspecified atom stereocenters. The van der Waals surface area contributed by atoms with Crippen LogP contribution in [0.25, 0.3) is 0 Å². The van der Waals surface area contributed by atoms with Crippen LogP contribution in [0.15, 0.2) is 23.8 Å². The number of esters is 1. The first-order chi connectivity index (χ1) is 12.1. The fraction of sp³-hybridized carbons (Fsp3) is 0.739. The van der Waals surface area contributed by atoms with Gasteiger partial charge in [-0.05, 0) is 86.7 Å². The molecule has 142 valence electrons. The summed E-state index contributed by atoms with van der Waals surface area (Å²) < 4.78 is 5.90. The molecule has 0 spiro atoms. The van der Waals surface area contributed by atoms with E-state index < -0.39 is 0 Å². The average Bonchev–Trinajstić information content (AvgIpc) is 2.80. The van der Waals surface area contributed by atoms with Crippen molar-refractivity contribution in [3.05, 3.63) is 23.8 Å². The molecule has 4 aliphatic carbocycles. The van der Waals surface area contributed by atoms with Gasteiger partial charge in [-0.25, -0.2) is 0 Å². The highest BCUT2D eigenvalue weighted by molar-refractivity contribution is 6.05. The standard InChI is InChI=1S/C23H32O3/c1-14-13-21(3)16(12-20(14)25)6-7-17-18(21)8-10-22(4)19(17)9-11-23(22,5)26-15(2)24/h12,17-19H,1,6-11,13H2,2-5H3. The van der Waals surface area contributed by atoms with E-state index in [2.05, 4.69) is 27.4 Å². The quantitative estimate of drug-likeness (QED) is 0.490. The number of carbonyl (C=O) groups excluding carboxylic acids is 2. The van der Waals surface area contributed by atoms with E-state index in [0.29, 0.717) is 17.8 Å². The number of fused-ring (bicyclic) bond motifs is 5. The molecular formula is C23H32O3. The van der Waals surface area contributed by atoms with Crippen LogP contribution < -0.4 is 0 Å². The largest absolute Gasteiger partial charge is 0.459 e. The minimum atomic E-state index is -0.336. The summed E-state index contributed by atoms with van der Waals surface area (Å²) in [6, 6.07) is 0. The Kier molecular flexibility index (Phi) is 3.85. The molecule has 0 aliphatic heterocycles. The summed E-state index contributed by atoms with van der Waals surface area (Å²) in [5.41, 5.74) is 1.97. The number of carbonyl (C=O) groups is 2. The van der Waals surface area contributed by atoms with Crippen molar-refractivity contribution < 1.29 is 14.3 Å². The van der Waals surface area contributed by atoms with Crippen molar-refractivity contribution in [3.63, 3.8) is 0 Å². The molecule has 0 heterocycles. The number of allylic oxidation sites excluding steroid dienone is 2. The van der Waals surface area contributed by atoms with Crippen LogP contribution in [0, 0.1) is 28.6 Å². The van der Waals surface area contributed by atoms with E-state index in [1.165, 1.54) is 18.9 Å². The number of rotatable bonds is 1. The summed E-state index contributed by atoms with van der Waals surface area (Å²) in [5, 5.41) is 0. The van der Waals surface area contributed by atoms with Gasteiger partial charge in [0.25, 0.3) is 0 Å². The molecule has 26 heavy (non-hydrogen) atoms. The highest BCUT2D eigenvalue weighted by atomic mass is 16.6. The number of hydrogen-bond donors (Lipinski definition) is 0. The Labute approximate surface area is 157 Å². The normalized spacial score (nSPS) is 47.5. The topological polar surface area (TPSA) is 43.4 Å². The van der Waals surface area contributed by atoms with Crippen LogP contribution in [0.3, 0.4) is 0 Å². The Balaban J connectivity index is 1.67. The van der Waals surface area contributed by atoms with E-state index in [-0.39, 0.29) is 28.2 Å². The van der Waals surface area contributed by atoms with Crippen LogP contribution in [0.4, 0.5) is 0 Å². The molecule has 0 amide bonds.